The number of hydrogen-bond acceptors (Lipinski definition) is 2. The van der Waals surface area contributed by atoms with Gasteiger partial charge in [0.1, 0.15) is 0 Å². The van der Waals surface area contributed by atoms with Crippen molar-refractivity contribution in [2.24, 2.45) is 0 Å². The maximum atomic E-state index is 3.65. The van der Waals surface area contributed by atoms with E-state index in [-0.39, 0.29) is 0 Å². The van der Waals surface area contributed by atoms with Crippen LogP contribution in [0.4, 0.5) is 0 Å². The highest BCUT2D eigenvalue weighted by Crippen LogP contribution is 2.21. The van der Waals surface area contributed by atoms with Crippen LogP contribution in [-0.4, -0.2) is 24.5 Å². The zero-order valence-corrected chi connectivity index (χ0v) is 12.0. The van der Waals surface area contributed by atoms with Crippen LogP contribution in [0.1, 0.15) is 22.7 Å². The van der Waals surface area contributed by atoms with Gasteiger partial charge in [-0.1, -0.05) is 54.6 Å². The molecule has 0 radical (unpaired) electrons. The monoisotopic (exact) mass is 266 g/mol. The number of piperazine rings is 1. The molecule has 0 spiro atoms. The summed E-state index contributed by atoms with van der Waals surface area (Å²) in [5, 5.41) is 3.65. The molecule has 1 N–H and O–H groups in total. The molecule has 2 aromatic carbocycles. The molecule has 0 saturated carbocycles. The summed E-state index contributed by atoms with van der Waals surface area (Å²) in [7, 11) is 0. The van der Waals surface area contributed by atoms with Crippen molar-refractivity contribution in [3.05, 3.63) is 71.3 Å². The van der Waals surface area contributed by atoms with Crippen LogP contribution in [0.3, 0.4) is 0 Å². The molecule has 1 fully saturated rings. The molecule has 0 amide bonds. The number of nitrogens with one attached hydrogen (secondary N) is 1. The second-order valence-electron chi connectivity index (χ2n) is 5.58. The Balaban J connectivity index is 1.69. The van der Waals surface area contributed by atoms with Gasteiger partial charge in [-0.05, 0) is 23.6 Å². The molecule has 1 heterocycles. The molecule has 1 saturated heterocycles. The summed E-state index contributed by atoms with van der Waals surface area (Å²) >= 11 is 0. The fraction of sp³-hybridized carbons (Fsp3) is 0.333. The van der Waals surface area contributed by atoms with Crippen LogP contribution in [0, 0.1) is 6.92 Å². The summed E-state index contributed by atoms with van der Waals surface area (Å²) in [5.74, 6) is 0. The van der Waals surface area contributed by atoms with Gasteiger partial charge in [-0.25, -0.2) is 0 Å². The highest BCUT2D eigenvalue weighted by atomic mass is 15.2. The SMILES string of the molecule is Cc1ccccc1[C@H]1CN(Cc2ccccc2)CCN1. The van der Waals surface area contributed by atoms with Gasteiger partial charge >= 0.3 is 0 Å². The van der Waals surface area contributed by atoms with E-state index in [9.17, 15) is 0 Å². The van der Waals surface area contributed by atoms with Crippen molar-refractivity contribution in [1.82, 2.24) is 10.2 Å². The first-order chi connectivity index (χ1) is 9.83. The second-order valence-corrected chi connectivity index (χ2v) is 5.58. The molecule has 2 aromatic rings. The van der Waals surface area contributed by atoms with Crippen LogP contribution in [0.15, 0.2) is 54.6 Å². The molecule has 104 valence electrons. The van der Waals surface area contributed by atoms with E-state index in [1.165, 1.54) is 16.7 Å². The molecule has 1 aliphatic rings. The van der Waals surface area contributed by atoms with Crippen molar-refractivity contribution < 1.29 is 0 Å². The third-order valence-electron chi connectivity index (χ3n) is 4.07. The highest BCUT2D eigenvalue weighted by Gasteiger charge is 2.21. The molecular weight excluding hydrogens is 244 g/mol. The number of nitrogens with zero attached hydrogens (tertiary/aromatic N) is 1. The predicted molar refractivity (Wildman–Crippen MR) is 83.6 cm³/mol. The Morgan fingerprint density at radius 2 is 1.80 bits per heavy atom. The van der Waals surface area contributed by atoms with Crippen molar-refractivity contribution in [2.45, 2.75) is 19.5 Å². The molecule has 20 heavy (non-hydrogen) atoms. The number of hydrogen-bond donors (Lipinski definition) is 1. The average molecular weight is 266 g/mol. The third kappa shape index (κ3) is 3.09. The molecule has 1 aliphatic heterocycles. The molecule has 2 nitrogen and oxygen atoms in total. The third-order valence-corrected chi connectivity index (χ3v) is 4.07. The molecule has 0 aliphatic carbocycles. The molecule has 1 atom stereocenters. The second kappa shape index (κ2) is 6.21. The fourth-order valence-corrected chi connectivity index (χ4v) is 2.98. The Kier molecular flexibility index (Phi) is 4.14. The molecule has 0 bridgehead atoms. The average Bonchev–Trinajstić information content (AvgIpc) is 2.49. The molecule has 3 rings (SSSR count). The smallest absolute Gasteiger partial charge is 0.0452 e. The lowest BCUT2D eigenvalue weighted by Crippen LogP contribution is -2.45. The molecular formula is C18H22N2. The van der Waals surface area contributed by atoms with Gasteiger partial charge in [0, 0.05) is 32.2 Å². The van der Waals surface area contributed by atoms with Gasteiger partial charge in [0.15, 0.2) is 0 Å². The Labute approximate surface area is 121 Å². The number of rotatable bonds is 3. The maximum Gasteiger partial charge on any atom is 0.0452 e. The van der Waals surface area contributed by atoms with E-state index in [4.69, 9.17) is 0 Å². The van der Waals surface area contributed by atoms with Crippen molar-refractivity contribution in [3.63, 3.8) is 0 Å². The van der Waals surface area contributed by atoms with E-state index in [2.05, 4.69) is 71.7 Å². The Hall–Kier alpha value is -1.64. The van der Waals surface area contributed by atoms with Gasteiger partial charge in [0.2, 0.25) is 0 Å². The van der Waals surface area contributed by atoms with Crippen molar-refractivity contribution in [3.8, 4) is 0 Å². The van der Waals surface area contributed by atoms with Gasteiger partial charge in [0.05, 0.1) is 0 Å². The van der Waals surface area contributed by atoms with Crippen LogP contribution in [-0.2, 0) is 6.54 Å². The lowest BCUT2D eigenvalue weighted by Gasteiger charge is -2.34. The van der Waals surface area contributed by atoms with E-state index in [0.29, 0.717) is 6.04 Å². The van der Waals surface area contributed by atoms with Gasteiger partial charge in [0.25, 0.3) is 0 Å². The summed E-state index contributed by atoms with van der Waals surface area (Å²) < 4.78 is 0. The van der Waals surface area contributed by atoms with Crippen LogP contribution < -0.4 is 5.32 Å². The standard InChI is InChI=1S/C18H22N2/c1-15-7-5-6-10-17(15)18-14-20(12-11-19-18)13-16-8-3-2-4-9-16/h2-10,18-19H,11-14H2,1H3/t18-/m1/s1. The highest BCUT2D eigenvalue weighted by molar-refractivity contribution is 5.29. The van der Waals surface area contributed by atoms with Crippen LogP contribution in [0.25, 0.3) is 0 Å². The van der Waals surface area contributed by atoms with Gasteiger partial charge in [-0.15, -0.1) is 0 Å². The van der Waals surface area contributed by atoms with Crippen LogP contribution in [0.2, 0.25) is 0 Å². The normalized spacial score (nSPS) is 19.9. The van der Waals surface area contributed by atoms with E-state index in [1.54, 1.807) is 0 Å². The van der Waals surface area contributed by atoms with E-state index in [1.807, 2.05) is 0 Å². The first-order valence-electron chi connectivity index (χ1n) is 7.38. The molecule has 0 unspecified atom stereocenters. The zero-order chi connectivity index (χ0) is 13.8. The minimum atomic E-state index is 0.452. The largest absolute Gasteiger partial charge is 0.308 e. The van der Waals surface area contributed by atoms with E-state index in [0.717, 1.165) is 26.2 Å². The molecule has 0 aromatic heterocycles. The summed E-state index contributed by atoms with van der Waals surface area (Å²) in [5.41, 5.74) is 4.22. The summed E-state index contributed by atoms with van der Waals surface area (Å²) in [6, 6.07) is 19.9. The zero-order valence-electron chi connectivity index (χ0n) is 12.0. The lowest BCUT2D eigenvalue weighted by molar-refractivity contribution is 0.193. The lowest BCUT2D eigenvalue weighted by atomic mass is 9.99. The summed E-state index contributed by atoms with van der Waals surface area (Å²) in [6.07, 6.45) is 0. The fourth-order valence-electron chi connectivity index (χ4n) is 2.98. The van der Waals surface area contributed by atoms with Crippen LogP contribution in [0.5, 0.6) is 0 Å². The number of aryl methyl sites for hydroxylation is 1. The Morgan fingerprint density at radius 3 is 2.60 bits per heavy atom. The minimum absolute atomic E-state index is 0.452. The minimum Gasteiger partial charge on any atom is -0.308 e. The first kappa shape index (κ1) is 13.3. The molecule has 2 heteroatoms. The maximum absolute atomic E-state index is 3.65. The van der Waals surface area contributed by atoms with Crippen molar-refractivity contribution in [2.75, 3.05) is 19.6 Å². The van der Waals surface area contributed by atoms with Gasteiger partial charge in [-0.3, -0.25) is 4.90 Å². The first-order valence-corrected chi connectivity index (χ1v) is 7.38. The summed E-state index contributed by atoms with van der Waals surface area (Å²) in [6.45, 7) is 6.51. The topological polar surface area (TPSA) is 15.3 Å². The van der Waals surface area contributed by atoms with Gasteiger partial charge in [-0.2, -0.15) is 0 Å². The van der Waals surface area contributed by atoms with E-state index >= 15 is 0 Å². The Morgan fingerprint density at radius 1 is 1.05 bits per heavy atom. The Bertz CT molecular complexity index is 550. The van der Waals surface area contributed by atoms with Gasteiger partial charge < -0.3 is 5.32 Å². The quantitative estimate of drug-likeness (QED) is 0.918. The van der Waals surface area contributed by atoms with Crippen molar-refractivity contribution >= 4 is 0 Å². The van der Waals surface area contributed by atoms with Crippen molar-refractivity contribution in [1.29, 1.82) is 0 Å². The summed E-state index contributed by atoms with van der Waals surface area (Å²) in [4.78, 5) is 2.54. The predicted octanol–water partition coefficient (Wildman–Crippen LogP) is 3.14. The van der Waals surface area contributed by atoms with Crippen LogP contribution >= 0.6 is 0 Å². The van der Waals surface area contributed by atoms with E-state index < -0.39 is 0 Å². The number of benzene rings is 2.